The van der Waals surface area contributed by atoms with Gasteiger partial charge in [-0.15, -0.1) is 0 Å². The number of halogens is 4. The van der Waals surface area contributed by atoms with E-state index >= 15 is 0 Å². The number of alkyl halides is 4. The molecule has 1 aromatic rings. The minimum Gasteiger partial charge on any atom is -0.486 e. The largest absolute Gasteiger partial charge is 0.486 e. The Hall–Kier alpha value is -1.97. The molecule has 0 aliphatic heterocycles. The van der Waals surface area contributed by atoms with Crippen LogP contribution in [0.5, 0.6) is 5.75 Å². The minimum atomic E-state index is -4.26. The number of hydrogen-bond donors (Lipinski definition) is 1. The highest BCUT2D eigenvalue weighted by Crippen LogP contribution is 2.26. The van der Waals surface area contributed by atoms with Gasteiger partial charge in [0.25, 0.3) is 0 Å². The summed E-state index contributed by atoms with van der Waals surface area (Å²) in [5.74, 6) is -4.46. The van der Waals surface area contributed by atoms with Crippen LogP contribution in [-0.2, 0) is 0 Å². The van der Waals surface area contributed by atoms with Crippen LogP contribution in [0.1, 0.15) is 5.56 Å². The molecule has 0 radical (unpaired) electrons. The van der Waals surface area contributed by atoms with Gasteiger partial charge in [0.1, 0.15) is 11.8 Å². The minimum absolute atomic E-state index is 0.0879. The van der Waals surface area contributed by atoms with E-state index in [1.54, 1.807) is 6.07 Å². The van der Waals surface area contributed by atoms with Crippen molar-refractivity contribution in [1.29, 1.82) is 5.26 Å². The molecule has 92 valence electrons. The lowest BCUT2D eigenvalue weighted by molar-refractivity contribution is -0.148. The van der Waals surface area contributed by atoms with E-state index in [-0.39, 0.29) is 17.0 Å². The molecule has 0 amide bonds. The number of benzene rings is 1. The van der Waals surface area contributed by atoms with E-state index in [1.165, 1.54) is 18.2 Å². The van der Waals surface area contributed by atoms with Crippen molar-refractivity contribution >= 4 is 5.69 Å². The number of nitriles is 1. The highest BCUT2D eigenvalue weighted by atomic mass is 19.3. The number of nitrogens with zero attached hydrogens (tertiary/aromatic N) is 1. The molecule has 0 saturated carbocycles. The van der Waals surface area contributed by atoms with Crippen LogP contribution in [0, 0.1) is 11.3 Å². The molecule has 0 bridgehead atoms. The van der Waals surface area contributed by atoms with Crippen molar-refractivity contribution in [2.75, 3.05) is 12.3 Å². The predicted octanol–water partition coefficient (Wildman–Crippen LogP) is 2.42. The highest BCUT2D eigenvalue weighted by Gasteiger charge is 2.41. The zero-order chi connectivity index (χ0) is 13.1. The third kappa shape index (κ3) is 3.24. The van der Waals surface area contributed by atoms with Gasteiger partial charge in [0.15, 0.2) is 6.61 Å². The first-order chi connectivity index (χ1) is 7.86. The molecule has 0 aromatic heterocycles. The van der Waals surface area contributed by atoms with Crippen molar-refractivity contribution in [3.05, 3.63) is 23.8 Å². The van der Waals surface area contributed by atoms with E-state index in [9.17, 15) is 17.6 Å². The molecule has 0 aliphatic carbocycles. The number of nitrogen functional groups attached to an aromatic ring is 1. The van der Waals surface area contributed by atoms with Gasteiger partial charge in [-0.25, -0.2) is 8.78 Å². The van der Waals surface area contributed by atoms with Crippen molar-refractivity contribution in [1.82, 2.24) is 0 Å². The molecular formula is C10H8F4N2O. The standard InChI is InChI=1S/C10H8F4N2O/c11-9(12)10(13,14)5-17-8-2-1-7(16)3-6(8)4-15/h1-3,9H,5,16H2. The van der Waals surface area contributed by atoms with Crippen molar-refractivity contribution in [2.45, 2.75) is 12.3 Å². The Morgan fingerprint density at radius 3 is 2.59 bits per heavy atom. The first-order valence-electron chi connectivity index (χ1n) is 4.45. The van der Waals surface area contributed by atoms with Gasteiger partial charge in [0.2, 0.25) is 0 Å². The Morgan fingerprint density at radius 2 is 2.06 bits per heavy atom. The van der Waals surface area contributed by atoms with Crippen molar-refractivity contribution in [2.24, 2.45) is 0 Å². The van der Waals surface area contributed by atoms with Crippen LogP contribution in [0.3, 0.4) is 0 Å². The molecule has 0 fully saturated rings. The highest BCUT2D eigenvalue weighted by molar-refractivity contribution is 5.53. The molecule has 0 spiro atoms. The lowest BCUT2D eigenvalue weighted by Gasteiger charge is -2.16. The van der Waals surface area contributed by atoms with Crippen LogP contribution >= 0.6 is 0 Å². The van der Waals surface area contributed by atoms with Gasteiger partial charge in [-0.3, -0.25) is 0 Å². The Morgan fingerprint density at radius 1 is 1.41 bits per heavy atom. The Kier molecular flexibility index (Phi) is 3.78. The molecule has 1 aromatic carbocycles. The molecule has 0 aliphatic rings. The summed E-state index contributed by atoms with van der Waals surface area (Å²) >= 11 is 0. The molecule has 1 rings (SSSR count). The van der Waals surface area contributed by atoms with Crippen molar-refractivity contribution in [3.63, 3.8) is 0 Å². The topological polar surface area (TPSA) is 59.0 Å². The number of anilines is 1. The monoisotopic (exact) mass is 248 g/mol. The van der Waals surface area contributed by atoms with Gasteiger partial charge in [0, 0.05) is 5.69 Å². The predicted molar refractivity (Wildman–Crippen MR) is 52.0 cm³/mol. The number of rotatable bonds is 4. The van der Waals surface area contributed by atoms with Gasteiger partial charge in [-0.05, 0) is 18.2 Å². The van der Waals surface area contributed by atoms with E-state index in [4.69, 9.17) is 11.0 Å². The summed E-state index contributed by atoms with van der Waals surface area (Å²) in [5, 5.41) is 8.66. The summed E-state index contributed by atoms with van der Waals surface area (Å²) in [6, 6.07) is 5.36. The third-order valence-corrected chi connectivity index (χ3v) is 1.86. The molecule has 0 atom stereocenters. The van der Waals surface area contributed by atoms with Gasteiger partial charge in [0.05, 0.1) is 5.56 Å². The molecule has 0 saturated heterocycles. The smallest absolute Gasteiger partial charge is 0.340 e. The SMILES string of the molecule is N#Cc1cc(N)ccc1OCC(F)(F)C(F)F. The summed E-state index contributed by atoms with van der Waals surface area (Å²) in [6.45, 7) is -1.50. The molecular weight excluding hydrogens is 240 g/mol. The van der Waals surface area contributed by atoms with Crippen molar-refractivity contribution in [3.8, 4) is 11.8 Å². The molecule has 7 heteroatoms. The lowest BCUT2D eigenvalue weighted by Crippen LogP contribution is -2.33. The summed E-state index contributed by atoms with van der Waals surface area (Å²) < 4.78 is 53.3. The third-order valence-electron chi connectivity index (χ3n) is 1.86. The molecule has 17 heavy (non-hydrogen) atoms. The maximum absolute atomic E-state index is 12.6. The van der Waals surface area contributed by atoms with Crippen LogP contribution in [-0.4, -0.2) is 19.0 Å². The summed E-state index contributed by atoms with van der Waals surface area (Å²) in [5.41, 5.74) is 5.52. The lowest BCUT2D eigenvalue weighted by atomic mass is 10.2. The molecule has 2 N–H and O–H groups in total. The zero-order valence-electron chi connectivity index (χ0n) is 8.46. The quantitative estimate of drug-likeness (QED) is 0.657. The summed E-state index contributed by atoms with van der Waals surface area (Å²) in [7, 11) is 0. The van der Waals surface area contributed by atoms with Gasteiger partial charge >= 0.3 is 12.3 Å². The second kappa shape index (κ2) is 4.91. The fraction of sp³-hybridized carbons (Fsp3) is 0.300. The fourth-order valence-electron chi connectivity index (χ4n) is 0.998. The average molecular weight is 248 g/mol. The maximum atomic E-state index is 12.6. The Labute approximate surface area is 94.4 Å². The van der Waals surface area contributed by atoms with Crippen LogP contribution < -0.4 is 10.5 Å². The maximum Gasteiger partial charge on any atom is 0.340 e. The molecule has 3 nitrogen and oxygen atoms in total. The second-order valence-corrected chi connectivity index (χ2v) is 3.22. The number of ether oxygens (including phenoxy) is 1. The van der Waals surface area contributed by atoms with Gasteiger partial charge in [-0.2, -0.15) is 14.0 Å². The van der Waals surface area contributed by atoms with E-state index in [0.717, 1.165) is 0 Å². The van der Waals surface area contributed by atoms with Gasteiger partial charge in [-0.1, -0.05) is 0 Å². The van der Waals surface area contributed by atoms with E-state index in [2.05, 4.69) is 4.74 Å². The van der Waals surface area contributed by atoms with Gasteiger partial charge < -0.3 is 10.5 Å². The van der Waals surface area contributed by atoms with E-state index < -0.39 is 19.0 Å². The Balaban J connectivity index is 2.80. The second-order valence-electron chi connectivity index (χ2n) is 3.22. The summed E-state index contributed by atoms with van der Waals surface area (Å²) in [4.78, 5) is 0. The first-order valence-corrected chi connectivity index (χ1v) is 4.45. The van der Waals surface area contributed by atoms with Crippen molar-refractivity contribution < 1.29 is 22.3 Å². The summed E-state index contributed by atoms with van der Waals surface area (Å²) in [6.07, 6.45) is -3.82. The average Bonchev–Trinajstić information content (AvgIpc) is 2.27. The number of hydrogen-bond acceptors (Lipinski definition) is 3. The Bertz CT molecular complexity index is 442. The first kappa shape index (κ1) is 13.1. The fourth-order valence-corrected chi connectivity index (χ4v) is 0.998. The normalized spacial score (nSPS) is 11.3. The van der Waals surface area contributed by atoms with Crippen LogP contribution in [0.2, 0.25) is 0 Å². The molecule has 0 unspecified atom stereocenters. The zero-order valence-corrected chi connectivity index (χ0v) is 8.46. The van der Waals surface area contributed by atoms with Crippen LogP contribution in [0.25, 0.3) is 0 Å². The van der Waals surface area contributed by atoms with Crippen LogP contribution in [0.15, 0.2) is 18.2 Å². The number of nitrogens with two attached hydrogens (primary N) is 1. The van der Waals surface area contributed by atoms with Crippen LogP contribution in [0.4, 0.5) is 23.2 Å². The van der Waals surface area contributed by atoms with E-state index in [0.29, 0.717) is 0 Å². The molecule has 0 heterocycles. The van der Waals surface area contributed by atoms with E-state index in [1.807, 2.05) is 0 Å².